The van der Waals surface area contributed by atoms with Crippen LogP contribution in [0.5, 0.6) is 0 Å². The van der Waals surface area contributed by atoms with Crippen molar-refractivity contribution in [2.45, 2.75) is 13.0 Å². The molecule has 0 aromatic carbocycles. The van der Waals surface area contributed by atoms with Gasteiger partial charge in [-0.25, -0.2) is 0 Å². The van der Waals surface area contributed by atoms with E-state index in [0.717, 1.165) is 31.9 Å². The Balaban J connectivity index is 1.99. The van der Waals surface area contributed by atoms with Crippen molar-refractivity contribution in [3.8, 4) is 0 Å². The fraction of sp³-hybridized carbons (Fsp3) is 0.800. The lowest BCUT2D eigenvalue weighted by Crippen LogP contribution is -2.53. The zero-order valence-corrected chi connectivity index (χ0v) is 10.3. The first-order valence-corrected chi connectivity index (χ1v) is 6.70. The lowest BCUT2D eigenvalue weighted by molar-refractivity contribution is -0.142. The molecule has 2 amide bonds. The largest absolute Gasteiger partial charge is 0.338 e. The van der Waals surface area contributed by atoms with E-state index >= 15 is 0 Å². The Morgan fingerprint density at radius 2 is 2.00 bits per heavy atom. The van der Waals surface area contributed by atoms with Crippen molar-refractivity contribution in [3.05, 3.63) is 0 Å². The van der Waals surface area contributed by atoms with Crippen LogP contribution in [-0.2, 0) is 9.59 Å². The molecule has 6 heteroatoms. The number of amides is 2. The van der Waals surface area contributed by atoms with Crippen LogP contribution in [0, 0.1) is 0 Å². The molecule has 0 aliphatic carbocycles. The van der Waals surface area contributed by atoms with Crippen molar-refractivity contribution in [1.82, 2.24) is 15.1 Å². The summed E-state index contributed by atoms with van der Waals surface area (Å²) in [5, 5.41) is 3.21. The number of nitrogens with zero attached hydrogens (tertiary/aromatic N) is 2. The van der Waals surface area contributed by atoms with Crippen LogP contribution in [0.15, 0.2) is 0 Å². The molecular weight excluding hydrogens is 226 g/mol. The third kappa shape index (κ3) is 2.32. The Morgan fingerprint density at radius 1 is 1.31 bits per heavy atom. The quantitative estimate of drug-likeness (QED) is 0.664. The van der Waals surface area contributed by atoms with Crippen LogP contribution < -0.4 is 5.32 Å². The molecule has 90 valence electrons. The van der Waals surface area contributed by atoms with Crippen LogP contribution in [-0.4, -0.2) is 65.5 Å². The maximum absolute atomic E-state index is 12.2. The van der Waals surface area contributed by atoms with Crippen molar-refractivity contribution in [2.75, 3.05) is 37.8 Å². The average molecular weight is 243 g/mol. The third-order valence-corrected chi connectivity index (χ3v) is 4.01. The second-order valence-electron chi connectivity index (χ2n) is 4.08. The van der Waals surface area contributed by atoms with Gasteiger partial charge in [0.1, 0.15) is 6.04 Å². The normalized spacial score (nSPS) is 25.9. The van der Waals surface area contributed by atoms with Crippen LogP contribution in [0.4, 0.5) is 0 Å². The molecule has 2 fully saturated rings. The zero-order valence-electron chi connectivity index (χ0n) is 9.44. The Morgan fingerprint density at radius 3 is 2.62 bits per heavy atom. The van der Waals surface area contributed by atoms with Gasteiger partial charge in [-0.15, -0.1) is 11.8 Å². The smallest absolute Gasteiger partial charge is 0.246 e. The Bertz CT molecular complexity index is 292. The van der Waals surface area contributed by atoms with Crippen molar-refractivity contribution in [2.24, 2.45) is 0 Å². The fourth-order valence-electron chi connectivity index (χ4n) is 2.05. The molecule has 1 N–H and O–H groups in total. The van der Waals surface area contributed by atoms with E-state index in [1.54, 1.807) is 16.7 Å². The first-order valence-electron chi connectivity index (χ1n) is 5.54. The van der Waals surface area contributed by atoms with Gasteiger partial charge in [-0.3, -0.25) is 9.59 Å². The topological polar surface area (TPSA) is 52.7 Å². The van der Waals surface area contributed by atoms with E-state index in [0.29, 0.717) is 5.88 Å². The highest BCUT2D eigenvalue weighted by Crippen LogP contribution is 2.22. The van der Waals surface area contributed by atoms with Gasteiger partial charge in [-0.1, -0.05) is 0 Å². The number of hydrogen-bond acceptors (Lipinski definition) is 4. The second kappa shape index (κ2) is 5.05. The number of carbonyl (C=O) groups excluding carboxylic acids is 2. The minimum atomic E-state index is -0.236. The first kappa shape index (κ1) is 11.7. The number of piperazine rings is 1. The summed E-state index contributed by atoms with van der Waals surface area (Å²) in [7, 11) is 0. The van der Waals surface area contributed by atoms with Crippen LogP contribution in [0.1, 0.15) is 6.92 Å². The van der Waals surface area contributed by atoms with E-state index in [9.17, 15) is 9.59 Å². The molecule has 2 saturated heterocycles. The van der Waals surface area contributed by atoms with Gasteiger partial charge >= 0.3 is 0 Å². The highest BCUT2D eigenvalue weighted by atomic mass is 32.2. The standard InChI is InChI=1S/C10H17N3O2S/c1-8(14)13-7-16-6-9(13)10(15)12-4-2-11-3-5-12/h9,11H,2-7H2,1H3. The van der Waals surface area contributed by atoms with Crippen molar-refractivity contribution in [1.29, 1.82) is 0 Å². The third-order valence-electron chi connectivity index (χ3n) is 3.00. The monoisotopic (exact) mass is 243 g/mol. The molecule has 2 rings (SSSR count). The molecule has 2 aliphatic heterocycles. The highest BCUT2D eigenvalue weighted by Gasteiger charge is 2.35. The summed E-state index contributed by atoms with van der Waals surface area (Å²) in [5.74, 6) is 1.50. The van der Waals surface area contributed by atoms with Crippen molar-refractivity contribution in [3.63, 3.8) is 0 Å². The van der Waals surface area contributed by atoms with Crippen LogP contribution in [0.25, 0.3) is 0 Å². The molecule has 1 atom stereocenters. The van der Waals surface area contributed by atoms with E-state index in [-0.39, 0.29) is 17.9 Å². The van der Waals surface area contributed by atoms with Gasteiger partial charge in [0.2, 0.25) is 11.8 Å². The lowest BCUT2D eigenvalue weighted by atomic mass is 10.2. The number of thioether (sulfide) groups is 1. The SMILES string of the molecule is CC(=O)N1CSCC1C(=O)N1CCNCC1. The first-order chi connectivity index (χ1) is 7.70. The molecule has 5 nitrogen and oxygen atoms in total. The molecule has 2 aliphatic rings. The van der Waals surface area contributed by atoms with Gasteiger partial charge in [0.25, 0.3) is 0 Å². The second-order valence-corrected chi connectivity index (χ2v) is 5.08. The summed E-state index contributed by atoms with van der Waals surface area (Å²) in [5.41, 5.74) is 0. The van der Waals surface area contributed by atoms with Gasteiger partial charge in [-0.05, 0) is 0 Å². The van der Waals surface area contributed by atoms with E-state index < -0.39 is 0 Å². The van der Waals surface area contributed by atoms with E-state index in [1.807, 2.05) is 4.90 Å². The summed E-state index contributed by atoms with van der Waals surface area (Å²) in [6.07, 6.45) is 0. The summed E-state index contributed by atoms with van der Waals surface area (Å²) in [6, 6.07) is -0.236. The summed E-state index contributed by atoms with van der Waals surface area (Å²) in [6.45, 7) is 4.75. The lowest BCUT2D eigenvalue weighted by Gasteiger charge is -2.32. The summed E-state index contributed by atoms with van der Waals surface area (Å²) in [4.78, 5) is 27.1. The summed E-state index contributed by atoms with van der Waals surface area (Å²) < 4.78 is 0. The summed E-state index contributed by atoms with van der Waals surface area (Å²) >= 11 is 1.65. The van der Waals surface area contributed by atoms with Gasteiger partial charge in [0.15, 0.2) is 0 Å². The predicted octanol–water partition coefficient (Wildman–Crippen LogP) is -0.660. The zero-order chi connectivity index (χ0) is 11.5. The fourth-order valence-corrected chi connectivity index (χ4v) is 3.26. The van der Waals surface area contributed by atoms with E-state index in [1.165, 1.54) is 6.92 Å². The number of carbonyl (C=O) groups is 2. The molecule has 0 radical (unpaired) electrons. The molecule has 0 spiro atoms. The number of rotatable bonds is 1. The maximum Gasteiger partial charge on any atom is 0.246 e. The Kier molecular flexibility index (Phi) is 3.70. The molecule has 0 aromatic rings. The number of nitrogens with one attached hydrogen (secondary N) is 1. The minimum Gasteiger partial charge on any atom is -0.338 e. The van der Waals surface area contributed by atoms with E-state index in [4.69, 9.17) is 0 Å². The Hall–Kier alpha value is -0.750. The molecule has 1 unspecified atom stereocenters. The van der Waals surface area contributed by atoms with Crippen LogP contribution >= 0.6 is 11.8 Å². The van der Waals surface area contributed by atoms with Crippen molar-refractivity contribution >= 4 is 23.6 Å². The maximum atomic E-state index is 12.2. The van der Waals surface area contributed by atoms with Crippen LogP contribution in [0.2, 0.25) is 0 Å². The average Bonchev–Trinajstić information content (AvgIpc) is 2.78. The van der Waals surface area contributed by atoms with Crippen LogP contribution in [0.3, 0.4) is 0 Å². The molecule has 0 saturated carbocycles. The van der Waals surface area contributed by atoms with Crippen molar-refractivity contribution < 1.29 is 9.59 Å². The molecular formula is C10H17N3O2S. The molecule has 0 aromatic heterocycles. The molecule has 16 heavy (non-hydrogen) atoms. The number of hydrogen-bond donors (Lipinski definition) is 1. The predicted molar refractivity (Wildman–Crippen MR) is 63.1 cm³/mol. The molecule has 0 bridgehead atoms. The Labute approximate surface area is 99.5 Å². The van der Waals surface area contributed by atoms with Gasteiger partial charge < -0.3 is 15.1 Å². The van der Waals surface area contributed by atoms with Gasteiger partial charge in [0, 0.05) is 38.9 Å². The molecule has 2 heterocycles. The highest BCUT2D eigenvalue weighted by molar-refractivity contribution is 7.99. The minimum absolute atomic E-state index is 0.00140. The van der Waals surface area contributed by atoms with E-state index in [2.05, 4.69) is 5.32 Å². The van der Waals surface area contributed by atoms with Gasteiger partial charge in [-0.2, -0.15) is 0 Å². The van der Waals surface area contributed by atoms with Gasteiger partial charge in [0.05, 0.1) is 5.88 Å².